The van der Waals surface area contributed by atoms with Crippen molar-refractivity contribution in [2.45, 2.75) is 30.6 Å². The van der Waals surface area contributed by atoms with Crippen LogP contribution in [0.25, 0.3) is 22.0 Å². The number of aryl methyl sites for hydroxylation is 3. The van der Waals surface area contributed by atoms with Crippen LogP contribution >= 0.6 is 12.0 Å². The van der Waals surface area contributed by atoms with E-state index in [1.54, 1.807) is 24.3 Å². The smallest absolute Gasteiger partial charge is 0.357 e. The highest BCUT2D eigenvalue weighted by atomic mass is 32.2. The monoisotopic (exact) mass is 925 g/mol. The van der Waals surface area contributed by atoms with E-state index in [0.717, 1.165) is 28.8 Å². The number of anilines is 6. The average molecular weight is 926 g/mol. The fourth-order valence-electron chi connectivity index (χ4n) is 7.48. The van der Waals surface area contributed by atoms with E-state index in [2.05, 4.69) is 45.3 Å². The lowest BCUT2D eigenvalue weighted by Crippen LogP contribution is -2.24. The number of nitrogens with one attached hydrogen (secondary N) is 4. The Hall–Kier alpha value is -7.09. The first kappa shape index (κ1) is 43.6. The highest BCUT2D eigenvalue weighted by Crippen LogP contribution is 2.45. The molecule has 23 heteroatoms. The molecule has 7 aromatic rings. The number of carbonyl (C=O) groups excluding carboxylic acids is 2. The second-order valence-corrected chi connectivity index (χ2v) is 16.9. The number of pyridine rings is 1. The number of aromatic nitrogens is 4. The third kappa shape index (κ3) is 8.51. The zero-order valence-corrected chi connectivity index (χ0v) is 35.6. The number of aromatic hydroxyl groups is 1. The first-order valence-electron chi connectivity index (χ1n) is 18.5. The third-order valence-electron chi connectivity index (χ3n) is 9.91. The van der Waals surface area contributed by atoms with Crippen LogP contribution in [0, 0.1) is 20.8 Å². The first-order chi connectivity index (χ1) is 30.5. The van der Waals surface area contributed by atoms with Gasteiger partial charge in [0.2, 0.25) is 11.9 Å². The molecule has 1 aliphatic rings. The van der Waals surface area contributed by atoms with Crippen LogP contribution in [0.3, 0.4) is 0 Å². The summed E-state index contributed by atoms with van der Waals surface area (Å²) in [6.45, 7) is 5.62. The molecule has 0 radical (unpaired) electrons. The maximum Gasteiger partial charge on any atom is 0.357 e. The molecular weight excluding hydrogens is 895 g/mol. The first-order valence-corrected chi connectivity index (χ1v) is 21.7. The Bertz CT molecular complexity index is 3290. The van der Waals surface area contributed by atoms with Crippen molar-refractivity contribution in [2.75, 3.05) is 16.0 Å². The van der Waals surface area contributed by atoms with E-state index in [-0.39, 0.29) is 61.6 Å². The molecule has 0 fully saturated rings. The normalized spacial score (nSPS) is 12.4. The summed E-state index contributed by atoms with van der Waals surface area (Å²) in [7, 11) is -5.16. The minimum atomic E-state index is -5.16. The molecule has 20 nitrogen and oxygen atoms in total. The van der Waals surface area contributed by atoms with Gasteiger partial charge in [0.1, 0.15) is 4.90 Å². The molecule has 0 saturated heterocycles. The standard InChI is InChI=1S/C41H31N7O13S3/c1-18-13-19(2)35(20(3)14-18)45-40-46-39(47-41(52)48-40)44-28-16-27(29(59-63(54)55)17-30(28)64(56,57)58)42-26-12-11-25-32-31(23-9-4-5-10-24(23)37(50)33(26)32)34(38(51)43-25)36(49)21-7-6-8-22(15-21)62-61-60-53/h4-17,42,53H,1-3H3,(H,43,51)(H,54,55)(H,56,57,58)(H3,44,45,46,47,48,52). The number of benzene rings is 5. The Balaban J connectivity index is 1.28. The second kappa shape index (κ2) is 17.2. The molecule has 8 N–H and O–H groups in total. The number of nitrogens with zero attached hydrogens (tertiary/aromatic N) is 3. The third-order valence-corrected chi connectivity index (χ3v) is 11.7. The summed E-state index contributed by atoms with van der Waals surface area (Å²) in [5.74, 6) is -2.47. The molecule has 0 bridgehead atoms. The highest BCUT2D eigenvalue weighted by molar-refractivity contribution is 7.94. The topological polar surface area (TPSA) is 302 Å². The predicted molar refractivity (Wildman–Crippen MR) is 234 cm³/mol. The van der Waals surface area contributed by atoms with Crippen LogP contribution in [0.4, 0.5) is 34.6 Å². The number of hydrogen-bond donors (Lipinski definition) is 8. The van der Waals surface area contributed by atoms with Gasteiger partial charge < -0.3 is 30.2 Å². The molecule has 1 atom stereocenters. The lowest BCUT2D eigenvalue weighted by molar-refractivity contribution is -0.432. The average Bonchev–Trinajstić information content (AvgIpc) is 3.23. The Morgan fingerprint density at radius 3 is 2.20 bits per heavy atom. The van der Waals surface area contributed by atoms with E-state index < -0.39 is 66.9 Å². The summed E-state index contributed by atoms with van der Waals surface area (Å²) >= 11 is -2.48. The largest absolute Gasteiger partial charge is 0.479 e. The van der Waals surface area contributed by atoms with Crippen LogP contribution < -0.4 is 25.7 Å². The number of fused-ring (bicyclic) bond motifs is 2. The van der Waals surface area contributed by atoms with E-state index in [1.165, 1.54) is 36.4 Å². The number of carbonyl (C=O) groups is 2. The van der Waals surface area contributed by atoms with Crippen molar-refractivity contribution in [3.63, 3.8) is 0 Å². The Morgan fingerprint density at radius 2 is 1.52 bits per heavy atom. The van der Waals surface area contributed by atoms with E-state index >= 15 is 0 Å². The second-order valence-electron chi connectivity index (χ2n) is 14.1. The zero-order valence-electron chi connectivity index (χ0n) is 33.1. The van der Waals surface area contributed by atoms with Crippen LogP contribution in [0.5, 0.6) is 11.8 Å². The maximum absolute atomic E-state index is 14.5. The van der Waals surface area contributed by atoms with Crippen LogP contribution in [0.1, 0.15) is 48.5 Å². The molecule has 0 spiro atoms. The Morgan fingerprint density at radius 1 is 0.812 bits per heavy atom. The van der Waals surface area contributed by atoms with Crippen molar-refractivity contribution in [2.24, 2.45) is 0 Å². The molecule has 64 heavy (non-hydrogen) atoms. The number of H-pyrrole nitrogens is 1. The molecule has 1 aliphatic carbocycles. The summed E-state index contributed by atoms with van der Waals surface area (Å²) in [4.78, 5) is 56.9. The molecule has 2 aromatic heterocycles. The molecule has 5 aromatic carbocycles. The zero-order chi connectivity index (χ0) is 45.6. The number of aromatic amines is 1. The fourth-order valence-corrected chi connectivity index (χ4v) is 8.84. The van der Waals surface area contributed by atoms with Gasteiger partial charge in [0.15, 0.2) is 17.3 Å². The minimum Gasteiger partial charge on any atom is -0.479 e. The summed E-state index contributed by atoms with van der Waals surface area (Å²) in [5, 5.41) is 31.6. The van der Waals surface area contributed by atoms with Crippen molar-refractivity contribution in [1.29, 1.82) is 0 Å². The van der Waals surface area contributed by atoms with Crippen LogP contribution in [-0.4, -0.2) is 63.6 Å². The van der Waals surface area contributed by atoms with E-state index in [0.29, 0.717) is 22.6 Å². The fraction of sp³-hybridized carbons (Fsp3) is 0.0732. The minimum absolute atomic E-state index is 0.00879. The van der Waals surface area contributed by atoms with E-state index in [9.17, 15) is 41.2 Å². The van der Waals surface area contributed by atoms with E-state index in [4.69, 9.17) is 9.44 Å². The quantitative estimate of drug-likeness (QED) is 0.0133. The van der Waals surface area contributed by atoms with Crippen molar-refractivity contribution < 1.29 is 55.2 Å². The number of hydrogen-bond acceptors (Lipinski definition) is 18. The Labute approximate surface area is 368 Å². The van der Waals surface area contributed by atoms with Crippen LogP contribution in [-0.2, 0) is 30.9 Å². The van der Waals surface area contributed by atoms with Gasteiger partial charge in [0, 0.05) is 44.2 Å². The van der Waals surface area contributed by atoms with Gasteiger partial charge in [-0.2, -0.15) is 27.6 Å². The highest BCUT2D eigenvalue weighted by Gasteiger charge is 2.34. The van der Waals surface area contributed by atoms with Crippen molar-refractivity contribution >= 4 is 90.6 Å². The lowest BCUT2D eigenvalue weighted by atomic mass is 9.80. The molecular formula is C41H31N7O13S3. The maximum atomic E-state index is 14.5. The molecule has 8 rings (SSSR count). The van der Waals surface area contributed by atoms with Gasteiger partial charge in [0.25, 0.3) is 15.7 Å². The van der Waals surface area contributed by atoms with Crippen molar-refractivity contribution in [3.05, 3.63) is 134 Å². The molecule has 0 amide bonds. The molecule has 0 aliphatic heterocycles. The van der Waals surface area contributed by atoms with Gasteiger partial charge in [-0.05, 0) is 67.8 Å². The van der Waals surface area contributed by atoms with Gasteiger partial charge >= 0.3 is 17.4 Å². The summed E-state index contributed by atoms with van der Waals surface area (Å²) in [6, 6.07) is 19.9. The lowest BCUT2D eigenvalue weighted by Gasteiger charge is -2.24. The van der Waals surface area contributed by atoms with Crippen LogP contribution in [0.2, 0.25) is 0 Å². The summed E-state index contributed by atoms with van der Waals surface area (Å²) in [6.07, 6.45) is 0. The summed E-state index contributed by atoms with van der Waals surface area (Å²) in [5.41, 5.74) is 2.09. The number of ketones is 2. The summed E-state index contributed by atoms with van der Waals surface area (Å²) < 4.78 is 67.5. The van der Waals surface area contributed by atoms with Gasteiger partial charge in [-0.1, -0.05) is 59.1 Å². The van der Waals surface area contributed by atoms with Gasteiger partial charge in [-0.15, -0.1) is 4.33 Å². The molecule has 2 heterocycles. The number of rotatable bonds is 14. The van der Waals surface area contributed by atoms with Crippen LogP contribution in [0.15, 0.2) is 99.5 Å². The SMILES string of the molecule is Cc1cc(C)c(Nc2nc(O)nc(Nc3cc(Nc4ccc5[nH]c(=O)c(C(=O)c6cccc(SOOO)c6)c6c5c4C(=O)c4ccccc4-6)c(OS(=O)O)cc3S(=O)(=O)O)n2)c(C)c1. The molecule has 0 saturated carbocycles. The Kier molecular flexibility index (Phi) is 11.7. The van der Waals surface area contributed by atoms with Gasteiger partial charge in [0.05, 0.1) is 40.2 Å². The predicted octanol–water partition coefficient (Wildman–Crippen LogP) is 7.21. The van der Waals surface area contributed by atoms with Crippen molar-refractivity contribution in [1.82, 2.24) is 19.9 Å². The van der Waals surface area contributed by atoms with E-state index in [1.807, 2.05) is 32.9 Å². The molecule has 1 unspecified atom stereocenters. The van der Waals surface area contributed by atoms with Gasteiger partial charge in [-0.25, -0.2) is 5.26 Å². The van der Waals surface area contributed by atoms with Crippen molar-refractivity contribution in [3.8, 4) is 22.9 Å². The van der Waals surface area contributed by atoms with Gasteiger partial charge in [-0.3, -0.25) is 23.5 Å². The molecule has 326 valence electrons.